The minimum Gasteiger partial charge on any atom is -0.344 e. The van der Waals surface area contributed by atoms with Crippen molar-refractivity contribution in [2.45, 2.75) is 0 Å². The zero-order valence-corrected chi connectivity index (χ0v) is 3.71. The van der Waals surface area contributed by atoms with Gasteiger partial charge in [0.2, 0.25) is 0 Å². The van der Waals surface area contributed by atoms with Crippen molar-refractivity contribution < 1.29 is 0 Å². The van der Waals surface area contributed by atoms with Gasteiger partial charge in [0.05, 0.1) is 0 Å². The van der Waals surface area contributed by atoms with Crippen LogP contribution in [0.15, 0.2) is 0 Å². The van der Waals surface area contributed by atoms with Gasteiger partial charge >= 0.3 is 0 Å². The number of hydrogen-bond donors (Lipinski definition) is 3. The molecule has 3 heteroatoms. The second-order valence-electron chi connectivity index (χ2n) is 0.500. The van der Waals surface area contributed by atoms with E-state index in [9.17, 15) is 0 Å². The van der Waals surface area contributed by atoms with Gasteiger partial charge in [0.15, 0.2) is 0 Å². The lowest BCUT2D eigenvalue weighted by Gasteiger charge is -1.81. The Balaban J connectivity index is 0. The molecule has 5 heavy (non-hydrogen) atoms. The lowest BCUT2D eigenvalue weighted by molar-refractivity contribution is 0.689. The average Bonchev–Trinajstić information content (AvgIpc) is 1.37. The molecule has 0 spiro atoms. The second-order valence-corrected chi connectivity index (χ2v) is 0.500. The maximum atomic E-state index is 2.68. The monoisotopic (exact) mass is 77.1 g/mol. The average molecular weight is 77.1 g/mol. The van der Waals surface area contributed by atoms with E-state index in [2.05, 4.69) is 10.9 Å². The Morgan fingerprint density at radius 1 is 1.00 bits per heavy atom. The van der Waals surface area contributed by atoms with Gasteiger partial charge in [-0.1, -0.05) is 0 Å². The lowest BCUT2D eigenvalue weighted by atomic mass is 11.4. The molecule has 0 heterocycles. The summed E-state index contributed by atoms with van der Waals surface area (Å²) in [4.78, 5) is 0. The molecule has 0 saturated heterocycles. The molecule has 0 fully saturated rings. The van der Waals surface area contributed by atoms with Crippen LogP contribution in [-0.2, 0) is 0 Å². The van der Waals surface area contributed by atoms with Crippen molar-refractivity contribution in [3.05, 3.63) is 0 Å². The summed E-state index contributed by atoms with van der Waals surface area (Å²) in [7, 11) is 3.64. The van der Waals surface area contributed by atoms with E-state index >= 15 is 0 Å². The summed E-state index contributed by atoms with van der Waals surface area (Å²) in [6.45, 7) is 0. The normalized spacial score (nSPS) is 6.00. The Morgan fingerprint density at radius 2 is 1.20 bits per heavy atom. The van der Waals surface area contributed by atoms with E-state index in [0.29, 0.717) is 0 Å². The molecule has 5 N–H and O–H groups in total. The topological polar surface area (TPSA) is 59.1 Å². The van der Waals surface area contributed by atoms with E-state index in [0.717, 1.165) is 0 Å². The zero-order chi connectivity index (χ0) is 3.41. The third kappa shape index (κ3) is 17.7. The molecule has 0 aromatic carbocycles. The highest BCUT2D eigenvalue weighted by molar-refractivity contribution is 3.99. The Hall–Kier alpha value is -0.120. The highest BCUT2D eigenvalue weighted by atomic mass is 15.3. The highest BCUT2D eigenvalue weighted by Crippen LogP contribution is 1.07. The summed E-state index contributed by atoms with van der Waals surface area (Å²) in [5, 5.41) is 0. The first-order valence-corrected chi connectivity index (χ1v) is 1.25. The van der Waals surface area contributed by atoms with Crippen molar-refractivity contribution >= 4 is 0 Å². The summed E-state index contributed by atoms with van der Waals surface area (Å²) in [5.74, 6) is 0. The van der Waals surface area contributed by atoms with Crippen LogP contribution in [0.3, 0.4) is 0 Å². The van der Waals surface area contributed by atoms with Crippen molar-refractivity contribution in [1.82, 2.24) is 17.0 Å². The molecule has 0 aromatic rings. The van der Waals surface area contributed by atoms with Gasteiger partial charge in [0, 0.05) is 0 Å². The van der Waals surface area contributed by atoms with Crippen LogP contribution in [0.1, 0.15) is 0 Å². The van der Waals surface area contributed by atoms with Crippen molar-refractivity contribution in [2.75, 3.05) is 14.1 Å². The minimum absolute atomic E-state index is 0. The van der Waals surface area contributed by atoms with Gasteiger partial charge in [0.1, 0.15) is 0 Å². The molecule has 0 unspecified atom stereocenters. The highest BCUT2D eigenvalue weighted by Gasteiger charge is 1.44. The summed E-state index contributed by atoms with van der Waals surface area (Å²) in [5.41, 5.74) is 5.36. The summed E-state index contributed by atoms with van der Waals surface area (Å²) < 4.78 is 0. The number of hydrazine groups is 1. The number of nitrogens with one attached hydrogen (secondary N) is 2. The van der Waals surface area contributed by atoms with E-state index in [-0.39, 0.29) is 6.15 Å². The predicted molar refractivity (Wildman–Crippen MR) is 23.1 cm³/mol. The van der Waals surface area contributed by atoms with E-state index in [4.69, 9.17) is 0 Å². The maximum absolute atomic E-state index is 2.68. The molecule has 0 rings (SSSR count). The van der Waals surface area contributed by atoms with Crippen molar-refractivity contribution in [3.63, 3.8) is 0 Å². The molecular weight excluding hydrogens is 66.0 g/mol. The Kier molecular flexibility index (Phi) is 16.1. The molecule has 34 valence electrons. The van der Waals surface area contributed by atoms with Crippen LogP contribution in [0, 0.1) is 0 Å². The molecular formula is C2H11N3. The first-order valence-electron chi connectivity index (χ1n) is 1.25. The number of rotatable bonds is 1. The van der Waals surface area contributed by atoms with Crippen LogP contribution in [0.4, 0.5) is 0 Å². The predicted octanol–water partition coefficient (Wildman–Crippen LogP) is -0.498. The van der Waals surface area contributed by atoms with E-state index in [1.165, 1.54) is 0 Å². The molecule has 0 aliphatic heterocycles. The second kappa shape index (κ2) is 9.11. The van der Waals surface area contributed by atoms with Gasteiger partial charge in [-0.2, -0.15) is 0 Å². The van der Waals surface area contributed by atoms with E-state index in [1.54, 1.807) is 0 Å². The Morgan fingerprint density at radius 3 is 1.20 bits per heavy atom. The summed E-state index contributed by atoms with van der Waals surface area (Å²) in [6.07, 6.45) is 0. The first kappa shape index (κ1) is 8.86. The van der Waals surface area contributed by atoms with Crippen LogP contribution in [-0.4, -0.2) is 14.1 Å². The third-order valence-electron chi connectivity index (χ3n) is 0.250. The molecule has 0 aliphatic carbocycles. The van der Waals surface area contributed by atoms with Gasteiger partial charge in [0.25, 0.3) is 0 Å². The fraction of sp³-hybridized carbons (Fsp3) is 1.00. The molecule has 0 aromatic heterocycles. The van der Waals surface area contributed by atoms with Crippen LogP contribution < -0.4 is 17.0 Å². The summed E-state index contributed by atoms with van der Waals surface area (Å²) in [6, 6.07) is 0. The van der Waals surface area contributed by atoms with Crippen molar-refractivity contribution in [1.29, 1.82) is 0 Å². The van der Waals surface area contributed by atoms with E-state index in [1.807, 2.05) is 14.1 Å². The Labute approximate surface area is 32.3 Å². The smallest absolute Gasteiger partial charge is 0.00150 e. The van der Waals surface area contributed by atoms with Crippen LogP contribution in [0.5, 0.6) is 0 Å². The van der Waals surface area contributed by atoms with Gasteiger partial charge in [-0.15, -0.1) is 0 Å². The first-order chi connectivity index (χ1) is 1.91. The zero-order valence-electron chi connectivity index (χ0n) is 3.71. The molecule has 3 nitrogen and oxygen atoms in total. The lowest BCUT2D eigenvalue weighted by Crippen LogP contribution is -2.21. The van der Waals surface area contributed by atoms with Crippen molar-refractivity contribution in [3.8, 4) is 0 Å². The maximum Gasteiger partial charge on any atom is -0.00150 e. The van der Waals surface area contributed by atoms with Crippen molar-refractivity contribution in [2.24, 2.45) is 0 Å². The molecule has 0 radical (unpaired) electrons. The largest absolute Gasteiger partial charge is 0.344 e. The quantitative estimate of drug-likeness (QED) is 0.370. The molecule has 0 amide bonds. The van der Waals surface area contributed by atoms with Crippen LogP contribution in [0.25, 0.3) is 0 Å². The fourth-order valence-electron chi connectivity index (χ4n) is 0. The Bertz CT molecular complexity index is 6.85. The SMILES string of the molecule is CNNC.N. The standard InChI is InChI=1S/C2H8N2.H3N/c1-3-4-2;/h3-4H,1-2H3;1H3. The van der Waals surface area contributed by atoms with Crippen LogP contribution >= 0.6 is 0 Å². The third-order valence-corrected chi connectivity index (χ3v) is 0.250. The number of hydrogen-bond acceptors (Lipinski definition) is 3. The fourth-order valence-corrected chi connectivity index (χ4v) is 0. The summed E-state index contributed by atoms with van der Waals surface area (Å²) >= 11 is 0. The van der Waals surface area contributed by atoms with Crippen LogP contribution in [0.2, 0.25) is 0 Å². The molecule has 0 bridgehead atoms. The minimum atomic E-state index is 0. The van der Waals surface area contributed by atoms with E-state index < -0.39 is 0 Å². The molecule has 0 saturated carbocycles. The van der Waals surface area contributed by atoms with Gasteiger partial charge < -0.3 is 6.15 Å². The van der Waals surface area contributed by atoms with Gasteiger partial charge in [-0.25, -0.2) is 0 Å². The van der Waals surface area contributed by atoms with Gasteiger partial charge in [-0.3, -0.25) is 10.9 Å². The van der Waals surface area contributed by atoms with Gasteiger partial charge in [-0.05, 0) is 14.1 Å². The molecule has 0 aliphatic rings. The molecule has 0 atom stereocenters.